The van der Waals surface area contributed by atoms with Gasteiger partial charge in [0.25, 0.3) is 0 Å². The summed E-state index contributed by atoms with van der Waals surface area (Å²) in [6.07, 6.45) is 6.55. The minimum Gasteiger partial charge on any atom is -0.312 e. The maximum atomic E-state index is 4.17. The molecule has 5 heteroatoms. The molecule has 2 rings (SSSR count). The molecule has 4 nitrogen and oxygen atoms in total. The van der Waals surface area contributed by atoms with Gasteiger partial charge in [-0.15, -0.1) is 5.10 Å². The van der Waals surface area contributed by atoms with Crippen LogP contribution in [0.5, 0.6) is 0 Å². The van der Waals surface area contributed by atoms with Crippen LogP contribution in [0.2, 0.25) is 0 Å². The smallest absolute Gasteiger partial charge is 0.151 e. The molecule has 1 saturated carbocycles. The quantitative estimate of drug-likeness (QED) is 0.853. The molecule has 0 bridgehead atoms. The largest absolute Gasteiger partial charge is 0.312 e. The first kappa shape index (κ1) is 16.0. The standard InChI is InChI=1S/C15H27BrN4/c1-15(2,3)17-10-11-8-6-5-7-9-12(11)13-14(16)18-19-20(13)4/h11-12,17H,5-10H2,1-4H3. The van der Waals surface area contributed by atoms with E-state index in [0.29, 0.717) is 11.8 Å². The third-order valence-electron chi connectivity index (χ3n) is 4.23. The van der Waals surface area contributed by atoms with Crippen LogP contribution in [0, 0.1) is 5.92 Å². The normalized spacial score (nSPS) is 24.6. The minimum atomic E-state index is 0.179. The van der Waals surface area contributed by atoms with E-state index in [9.17, 15) is 0 Å². The molecule has 0 spiro atoms. The molecule has 1 N–H and O–H groups in total. The third-order valence-corrected chi connectivity index (χ3v) is 4.80. The first-order valence-electron chi connectivity index (χ1n) is 7.68. The highest BCUT2D eigenvalue weighted by Gasteiger charge is 2.30. The Morgan fingerprint density at radius 3 is 2.55 bits per heavy atom. The van der Waals surface area contributed by atoms with E-state index in [-0.39, 0.29) is 5.54 Å². The van der Waals surface area contributed by atoms with Crippen LogP contribution < -0.4 is 5.32 Å². The highest BCUT2D eigenvalue weighted by atomic mass is 79.9. The van der Waals surface area contributed by atoms with Gasteiger partial charge < -0.3 is 5.32 Å². The molecule has 1 fully saturated rings. The van der Waals surface area contributed by atoms with Crippen molar-refractivity contribution in [3.05, 3.63) is 10.3 Å². The van der Waals surface area contributed by atoms with Crippen molar-refractivity contribution in [2.24, 2.45) is 13.0 Å². The maximum Gasteiger partial charge on any atom is 0.151 e. The van der Waals surface area contributed by atoms with Gasteiger partial charge in [0.15, 0.2) is 4.60 Å². The van der Waals surface area contributed by atoms with E-state index in [4.69, 9.17) is 0 Å². The lowest BCUT2D eigenvalue weighted by atomic mass is 9.85. The topological polar surface area (TPSA) is 42.7 Å². The zero-order valence-corrected chi connectivity index (χ0v) is 14.7. The predicted molar refractivity (Wildman–Crippen MR) is 85.8 cm³/mol. The van der Waals surface area contributed by atoms with Crippen molar-refractivity contribution in [3.63, 3.8) is 0 Å². The monoisotopic (exact) mass is 342 g/mol. The van der Waals surface area contributed by atoms with E-state index < -0.39 is 0 Å². The molecular formula is C15H27BrN4. The van der Waals surface area contributed by atoms with Crippen molar-refractivity contribution in [2.45, 2.75) is 64.3 Å². The Morgan fingerprint density at radius 1 is 1.25 bits per heavy atom. The van der Waals surface area contributed by atoms with Gasteiger partial charge in [0.05, 0.1) is 5.69 Å². The van der Waals surface area contributed by atoms with Crippen LogP contribution in [-0.4, -0.2) is 27.1 Å². The molecule has 114 valence electrons. The molecule has 0 aliphatic heterocycles. The SMILES string of the molecule is Cn1nnc(Br)c1C1CCCCCC1CNC(C)(C)C. The Balaban J connectivity index is 2.17. The summed E-state index contributed by atoms with van der Waals surface area (Å²) in [5, 5.41) is 12.0. The number of rotatable bonds is 3. The molecule has 2 unspecified atom stereocenters. The number of aryl methyl sites for hydroxylation is 1. The zero-order valence-electron chi connectivity index (χ0n) is 13.1. The molecule has 2 atom stereocenters. The van der Waals surface area contributed by atoms with E-state index in [1.807, 2.05) is 11.7 Å². The van der Waals surface area contributed by atoms with E-state index in [0.717, 1.165) is 11.1 Å². The van der Waals surface area contributed by atoms with Crippen molar-refractivity contribution >= 4 is 15.9 Å². The fraction of sp³-hybridized carbons (Fsp3) is 0.867. The lowest BCUT2D eigenvalue weighted by Gasteiger charge is -2.29. The van der Waals surface area contributed by atoms with Gasteiger partial charge in [-0.25, -0.2) is 0 Å². The Morgan fingerprint density at radius 2 is 1.95 bits per heavy atom. The molecule has 0 saturated heterocycles. The summed E-state index contributed by atoms with van der Waals surface area (Å²) in [6, 6.07) is 0. The van der Waals surface area contributed by atoms with E-state index in [1.54, 1.807) is 0 Å². The van der Waals surface area contributed by atoms with Crippen molar-refractivity contribution in [2.75, 3.05) is 6.54 Å². The second kappa shape index (κ2) is 6.56. The number of nitrogens with zero attached hydrogens (tertiary/aromatic N) is 3. The average Bonchev–Trinajstić information content (AvgIpc) is 2.58. The first-order chi connectivity index (χ1) is 9.38. The van der Waals surface area contributed by atoms with Crippen LogP contribution in [0.4, 0.5) is 0 Å². The van der Waals surface area contributed by atoms with Crippen LogP contribution in [0.1, 0.15) is 64.5 Å². The summed E-state index contributed by atoms with van der Waals surface area (Å²) in [7, 11) is 2.01. The molecular weight excluding hydrogens is 316 g/mol. The Kier molecular flexibility index (Phi) is 5.24. The number of nitrogens with one attached hydrogen (secondary N) is 1. The lowest BCUT2D eigenvalue weighted by Crippen LogP contribution is -2.40. The fourth-order valence-electron chi connectivity index (χ4n) is 3.16. The second-order valence-corrected chi connectivity index (χ2v) is 7.78. The first-order valence-corrected chi connectivity index (χ1v) is 8.48. The Labute approximate surface area is 130 Å². The average molecular weight is 343 g/mol. The van der Waals surface area contributed by atoms with Crippen LogP contribution in [-0.2, 0) is 7.05 Å². The molecule has 1 aliphatic carbocycles. The number of aromatic nitrogens is 3. The highest BCUT2D eigenvalue weighted by Crippen LogP contribution is 2.38. The van der Waals surface area contributed by atoms with Gasteiger partial charge in [-0.05, 0) is 62.0 Å². The molecule has 1 aliphatic rings. The van der Waals surface area contributed by atoms with Crippen LogP contribution in [0.25, 0.3) is 0 Å². The highest BCUT2D eigenvalue weighted by molar-refractivity contribution is 9.10. The summed E-state index contributed by atoms with van der Waals surface area (Å²) in [5.74, 6) is 1.23. The molecule has 1 heterocycles. The fourth-order valence-corrected chi connectivity index (χ4v) is 3.78. The molecule has 0 amide bonds. The summed E-state index contributed by atoms with van der Waals surface area (Å²) in [5.41, 5.74) is 1.45. The van der Waals surface area contributed by atoms with Gasteiger partial charge in [-0.2, -0.15) is 0 Å². The van der Waals surface area contributed by atoms with Crippen LogP contribution in [0.15, 0.2) is 4.60 Å². The summed E-state index contributed by atoms with van der Waals surface area (Å²) in [6.45, 7) is 7.78. The van der Waals surface area contributed by atoms with Crippen molar-refractivity contribution in [1.82, 2.24) is 20.3 Å². The van der Waals surface area contributed by atoms with Gasteiger partial charge in [-0.3, -0.25) is 4.68 Å². The Hall–Kier alpha value is -0.420. The van der Waals surface area contributed by atoms with Crippen LogP contribution in [0.3, 0.4) is 0 Å². The minimum absolute atomic E-state index is 0.179. The van der Waals surface area contributed by atoms with E-state index in [2.05, 4.69) is 52.3 Å². The van der Waals surface area contributed by atoms with Gasteiger partial charge in [0.1, 0.15) is 0 Å². The van der Waals surface area contributed by atoms with Crippen molar-refractivity contribution in [1.29, 1.82) is 0 Å². The number of hydrogen-bond donors (Lipinski definition) is 1. The molecule has 1 aromatic rings. The van der Waals surface area contributed by atoms with Gasteiger partial charge in [-0.1, -0.05) is 24.5 Å². The molecule has 0 aromatic carbocycles. The van der Waals surface area contributed by atoms with Crippen LogP contribution >= 0.6 is 15.9 Å². The second-order valence-electron chi connectivity index (χ2n) is 7.02. The zero-order chi connectivity index (χ0) is 14.8. The molecule has 20 heavy (non-hydrogen) atoms. The molecule has 0 radical (unpaired) electrons. The third kappa shape index (κ3) is 4.04. The number of halogens is 1. The van der Waals surface area contributed by atoms with Gasteiger partial charge in [0.2, 0.25) is 0 Å². The van der Waals surface area contributed by atoms with Crippen molar-refractivity contribution in [3.8, 4) is 0 Å². The predicted octanol–water partition coefficient (Wildman–Crippen LogP) is 3.63. The van der Waals surface area contributed by atoms with E-state index in [1.165, 1.54) is 37.8 Å². The Bertz CT molecular complexity index is 416. The van der Waals surface area contributed by atoms with Gasteiger partial charge >= 0.3 is 0 Å². The lowest BCUT2D eigenvalue weighted by molar-refractivity contribution is 0.314. The van der Waals surface area contributed by atoms with Crippen molar-refractivity contribution < 1.29 is 0 Å². The molecule has 1 aromatic heterocycles. The number of hydrogen-bond acceptors (Lipinski definition) is 3. The van der Waals surface area contributed by atoms with Gasteiger partial charge in [0, 0.05) is 18.5 Å². The van der Waals surface area contributed by atoms with E-state index >= 15 is 0 Å². The summed E-state index contributed by atoms with van der Waals surface area (Å²) in [4.78, 5) is 0. The summed E-state index contributed by atoms with van der Waals surface area (Å²) < 4.78 is 2.87. The summed E-state index contributed by atoms with van der Waals surface area (Å²) >= 11 is 3.58. The maximum absolute atomic E-state index is 4.17.